The third kappa shape index (κ3) is 3.08. The molecule has 0 unspecified atom stereocenters. The monoisotopic (exact) mass is 260 g/mol. The molecular formula is C8H10N3O3S2-. The van der Waals surface area contributed by atoms with E-state index in [4.69, 9.17) is 0 Å². The smallest absolute Gasteiger partial charge is 0.139 e. The highest BCUT2D eigenvalue weighted by Gasteiger charge is 2.16. The van der Waals surface area contributed by atoms with E-state index >= 15 is 0 Å². The molecule has 0 radical (unpaired) electrons. The van der Waals surface area contributed by atoms with Gasteiger partial charge in [-0.2, -0.15) is 4.37 Å². The van der Waals surface area contributed by atoms with Crippen molar-refractivity contribution in [3.8, 4) is 0 Å². The van der Waals surface area contributed by atoms with Crippen molar-refractivity contribution in [1.29, 1.82) is 0 Å². The van der Waals surface area contributed by atoms with Gasteiger partial charge in [0.2, 0.25) is 0 Å². The quantitative estimate of drug-likeness (QED) is 0.718. The summed E-state index contributed by atoms with van der Waals surface area (Å²) < 4.78 is 35.6. The second-order valence-electron chi connectivity index (χ2n) is 3.49. The van der Waals surface area contributed by atoms with Gasteiger partial charge in [-0.1, -0.05) is 6.08 Å². The summed E-state index contributed by atoms with van der Waals surface area (Å²) in [7, 11) is -4.17. The molecule has 1 aromatic heterocycles. The SMILES string of the molecule is O=S(=O)([O-])CN1CC=C(c2ncns2)CC1. The molecule has 0 fully saturated rings. The molecule has 88 valence electrons. The highest BCUT2D eigenvalue weighted by atomic mass is 32.2. The first-order valence-corrected chi connectivity index (χ1v) is 7.02. The molecule has 8 heteroatoms. The fourth-order valence-electron chi connectivity index (χ4n) is 1.56. The van der Waals surface area contributed by atoms with Crippen LogP contribution < -0.4 is 0 Å². The minimum atomic E-state index is -4.17. The number of nitrogens with zero attached hydrogens (tertiary/aromatic N) is 3. The van der Waals surface area contributed by atoms with Crippen LogP contribution in [0.15, 0.2) is 12.4 Å². The summed E-state index contributed by atoms with van der Waals surface area (Å²) in [5, 5.41) is 0.865. The Balaban J connectivity index is 2.00. The zero-order chi connectivity index (χ0) is 11.6. The van der Waals surface area contributed by atoms with Crippen molar-refractivity contribution >= 4 is 27.2 Å². The van der Waals surface area contributed by atoms with Gasteiger partial charge in [-0.3, -0.25) is 4.90 Å². The minimum Gasteiger partial charge on any atom is -0.747 e. The van der Waals surface area contributed by atoms with Crippen LogP contribution in [0.25, 0.3) is 5.57 Å². The second kappa shape index (κ2) is 4.58. The standard InChI is InChI=1S/C8H11N3O3S2/c12-16(13,14)6-11-3-1-7(2-4-11)8-9-5-10-15-8/h1,5H,2-4,6H2,(H,12,13,14)/p-1. The third-order valence-electron chi connectivity index (χ3n) is 2.27. The summed E-state index contributed by atoms with van der Waals surface area (Å²) in [5.41, 5.74) is 1.07. The van der Waals surface area contributed by atoms with E-state index in [9.17, 15) is 13.0 Å². The number of aromatic nitrogens is 2. The van der Waals surface area contributed by atoms with Crippen LogP contribution in [0.1, 0.15) is 11.4 Å². The third-order valence-corrected chi connectivity index (χ3v) is 3.69. The Kier molecular flexibility index (Phi) is 3.33. The van der Waals surface area contributed by atoms with Gasteiger partial charge in [-0.05, 0) is 23.5 Å². The van der Waals surface area contributed by atoms with Crippen LogP contribution in [0.3, 0.4) is 0 Å². The Hall–Kier alpha value is -0.830. The maximum atomic E-state index is 10.6. The van der Waals surface area contributed by atoms with Crippen LogP contribution >= 0.6 is 11.5 Å². The highest BCUT2D eigenvalue weighted by molar-refractivity contribution is 7.85. The molecule has 2 rings (SSSR count). The van der Waals surface area contributed by atoms with E-state index in [1.54, 1.807) is 4.90 Å². The lowest BCUT2D eigenvalue weighted by atomic mass is 10.1. The first kappa shape index (κ1) is 11.6. The first-order valence-electron chi connectivity index (χ1n) is 4.66. The molecule has 1 aromatic rings. The van der Waals surface area contributed by atoms with Crippen molar-refractivity contribution in [3.63, 3.8) is 0 Å². The maximum absolute atomic E-state index is 10.6. The summed E-state index contributed by atoms with van der Waals surface area (Å²) in [6.07, 6.45) is 4.09. The summed E-state index contributed by atoms with van der Waals surface area (Å²) in [6, 6.07) is 0. The minimum absolute atomic E-state index is 0.424. The molecule has 0 atom stereocenters. The number of rotatable bonds is 3. The van der Waals surface area contributed by atoms with Crippen LogP contribution in [-0.4, -0.2) is 46.2 Å². The fraction of sp³-hybridized carbons (Fsp3) is 0.500. The van der Waals surface area contributed by atoms with Crippen LogP contribution in [0.4, 0.5) is 0 Å². The maximum Gasteiger partial charge on any atom is 0.139 e. The zero-order valence-electron chi connectivity index (χ0n) is 8.37. The second-order valence-corrected chi connectivity index (χ2v) is 5.64. The molecule has 0 spiro atoms. The molecule has 6 nitrogen and oxygen atoms in total. The summed E-state index contributed by atoms with van der Waals surface area (Å²) >= 11 is 1.32. The molecule has 0 aliphatic carbocycles. The summed E-state index contributed by atoms with van der Waals surface area (Å²) in [6.45, 7) is 1.03. The normalized spacial score (nSPS) is 18.4. The summed E-state index contributed by atoms with van der Waals surface area (Å²) in [4.78, 5) is 5.68. The van der Waals surface area contributed by atoms with Gasteiger partial charge in [0, 0.05) is 13.1 Å². The molecular weight excluding hydrogens is 250 g/mol. The van der Waals surface area contributed by atoms with E-state index < -0.39 is 16.0 Å². The van der Waals surface area contributed by atoms with Crippen LogP contribution in [0, 0.1) is 0 Å². The highest BCUT2D eigenvalue weighted by Crippen LogP contribution is 2.22. The lowest BCUT2D eigenvalue weighted by Crippen LogP contribution is -2.33. The lowest BCUT2D eigenvalue weighted by Gasteiger charge is -2.26. The van der Waals surface area contributed by atoms with E-state index in [1.165, 1.54) is 17.9 Å². The van der Waals surface area contributed by atoms with Crippen LogP contribution in [-0.2, 0) is 10.1 Å². The number of hydrogen-bond donors (Lipinski definition) is 0. The lowest BCUT2D eigenvalue weighted by molar-refractivity contribution is 0.328. The molecule has 0 N–H and O–H groups in total. The molecule has 0 amide bonds. The topological polar surface area (TPSA) is 86.2 Å². The van der Waals surface area contributed by atoms with E-state index in [-0.39, 0.29) is 0 Å². The average Bonchev–Trinajstić information content (AvgIpc) is 2.69. The Morgan fingerprint density at radius 1 is 1.56 bits per heavy atom. The average molecular weight is 260 g/mol. The Morgan fingerprint density at radius 2 is 2.38 bits per heavy atom. The van der Waals surface area contributed by atoms with E-state index in [2.05, 4.69) is 9.36 Å². The summed E-state index contributed by atoms with van der Waals surface area (Å²) in [5.74, 6) is -0.424. The van der Waals surface area contributed by atoms with Crippen molar-refractivity contribution < 1.29 is 13.0 Å². The predicted molar refractivity (Wildman–Crippen MR) is 58.6 cm³/mol. The van der Waals surface area contributed by atoms with Crippen molar-refractivity contribution in [1.82, 2.24) is 14.3 Å². The van der Waals surface area contributed by atoms with Crippen LogP contribution in [0.5, 0.6) is 0 Å². The van der Waals surface area contributed by atoms with Gasteiger partial charge in [0.25, 0.3) is 0 Å². The molecule has 16 heavy (non-hydrogen) atoms. The van der Waals surface area contributed by atoms with E-state index in [0.29, 0.717) is 19.5 Å². The molecule has 0 saturated carbocycles. The van der Waals surface area contributed by atoms with Gasteiger partial charge in [0.1, 0.15) is 21.5 Å². The van der Waals surface area contributed by atoms with Gasteiger partial charge < -0.3 is 4.55 Å². The van der Waals surface area contributed by atoms with Gasteiger partial charge in [-0.25, -0.2) is 13.4 Å². The predicted octanol–water partition coefficient (Wildman–Crippen LogP) is 0.130. The van der Waals surface area contributed by atoms with E-state index in [0.717, 1.165) is 10.6 Å². The molecule has 0 bridgehead atoms. The molecule has 0 aromatic carbocycles. The largest absolute Gasteiger partial charge is 0.747 e. The fourth-order valence-corrected chi connectivity index (χ4v) is 2.83. The molecule has 2 heterocycles. The first-order chi connectivity index (χ1) is 7.54. The van der Waals surface area contributed by atoms with Crippen molar-refractivity contribution in [2.75, 3.05) is 19.0 Å². The van der Waals surface area contributed by atoms with Gasteiger partial charge in [-0.15, -0.1) is 0 Å². The van der Waals surface area contributed by atoms with Crippen molar-refractivity contribution in [3.05, 3.63) is 17.4 Å². The van der Waals surface area contributed by atoms with Gasteiger partial charge >= 0.3 is 0 Å². The zero-order valence-corrected chi connectivity index (χ0v) is 10.00. The van der Waals surface area contributed by atoms with Crippen molar-refractivity contribution in [2.45, 2.75) is 6.42 Å². The molecule has 1 aliphatic rings. The number of hydrogen-bond acceptors (Lipinski definition) is 7. The molecule has 1 aliphatic heterocycles. The molecule has 0 saturated heterocycles. The van der Waals surface area contributed by atoms with Gasteiger partial charge in [0.15, 0.2) is 0 Å². The van der Waals surface area contributed by atoms with Gasteiger partial charge in [0.05, 0.1) is 5.88 Å². The van der Waals surface area contributed by atoms with Crippen LogP contribution in [0.2, 0.25) is 0 Å². The Morgan fingerprint density at radius 3 is 2.88 bits per heavy atom. The Labute approximate surface area is 97.5 Å². The van der Waals surface area contributed by atoms with E-state index in [1.807, 2.05) is 6.08 Å². The Bertz CT molecular complexity index is 481. The van der Waals surface area contributed by atoms with Crippen molar-refractivity contribution in [2.24, 2.45) is 0 Å².